The van der Waals surface area contributed by atoms with Crippen molar-refractivity contribution in [3.8, 4) is 11.5 Å². The summed E-state index contributed by atoms with van der Waals surface area (Å²) >= 11 is 0. The van der Waals surface area contributed by atoms with Gasteiger partial charge in [-0.05, 0) is 50.3 Å². The van der Waals surface area contributed by atoms with Gasteiger partial charge in [-0.2, -0.15) is 0 Å². The molecule has 0 aromatic heterocycles. The molecule has 112 valence electrons. The molecule has 1 aliphatic carbocycles. The number of para-hydroxylation sites is 2. The fourth-order valence-corrected chi connectivity index (χ4v) is 2.45. The fourth-order valence-electron chi connectivity index (χ4n) is 2.45. The maximum Gasteiger partial charge on any atom is 0.161 e. The van der Waals surface area contributed by atoms with Gasteiger partial charge in [-0.1, -0.05) is 25.5 Å². The second-order valence-electron chi connectivity index (χ2n) is 5.63. The molecule has 1 aromatic carbocycles. The number of rotatable bonds is 10. The highest BCUT2D eigenvalue weighted by molar-refractivity contribution is 5.39. The van der Waals surface area contributed by atoms with Crippen molar-refractivity contribution in [2.75, 3.05) is 20.3 Å². The van der Waals surface area contributed by atoms with Crippen molar-refractivity contribution in [1.29, 1.82) is 0 Å². The Morgan fingerprint density at radius 2 is 1.95 bits per heavy atom. The van der Waals surface area contributed by atoms with Crippen LogP contribution in [0, 0.1) is 5.92 Å². The normalized spacial score (nSPS) is 15.9. The minimum atomic E-state index is 0.718. The van der Waals surface area contributed by atoms with Crippen LogP contribution in [0.15, 0.2) is 24.3 Å². The number of hydrogen-bond donors (Lipinski definition) is 1. The molecular formula is C17H27NO2. The van der Waals surface area contributed by atoms with E-state index in [-0.39, 0.29) is 0 Å². The lowest BCUT2D eigenvalue weighted by Crippen LogP contribution is -2.26. The SMILES string of the molecule is CCCC(CCOc1ccccc1OC)CNC1CC1. The van der Waals surface area contributed by atoms with Gasteiger partial charge < -0.3 is 14.8 Å². The van der Waals surface area contributed by atoms with Crippen LogP contribution in [-0.4, -0.2) is 26.3 Å². The van der Waals surface area contributed by atoms with Crippen molar-refractivity contribution in [3.63, 3.8) is 0 Å². The molecule has 0 bridgehead atoms. The Hall–Kier alpha value is -1.22. The molecule has 2 rings (SSSR count). The molecule has 1 atom stereocenters. The predicted molar refractivity (Wildman–Crippen MR) is 82.5 cm³/mol. The Kier molecular flexibility index (Phi) is 6.19. The Morgan fingerprint density at radius 1 is 1.20 bits per heavy atom. The van der Waals surface area contributed by atoms with E-state index in [1.54, 1.807) is 7.11 Å². The zero-order valence-corrected chi connectivity index (χ0v) is 12.7. The topological polar surface area (TPSA) is 30.5 Å². The first-order chi connectivity index (χ1) is 9.83. The van der Waals surface area contributed by atoms with E-state index >= 15 is 0 Å². The van der Waals surface area contributed by atoms with E-state index in [0.29, 0.717) is 0 Å². The molecule has 0 heterocycles. The third kappa shape index (κ3) is 5.04. The molecule has 1 aromatic rings. The molecule has 0 saturated heterocycles. The molecule has 20 heavy (non-hydrogen) atoms. The Labute approximate surface area is 122 Å². The highest BCUT2D eigenvalue weighted by Gasteiger charge is 2.21. The number of methoxy groups -OCH3 is 1. The highest BCUT2D eigenvalue weighted by atomic mass is 16.5. The summed E-state index contributed by atoms with van der Waals surface area (Å²) in [7, 11) is 1.68. The first kappa shape index (κ1) is 15.2. The van der Waals surface area contributed by atoms with Gasteiger partial charge in [0, 0.05) is 6.04 Å². The summed E-state index contributed by atoms with van der Waals surface area (Å²) in [6.07, 6.45) is 6.33. The Balaban J connectivity index is 1.73. The summed E-state index contributed by atoms with van der Waals surface area (Å²) in [5.41, 5.74) is 0. The zero-order chi connectivity index (χ0) is 14.2. The maximum atomic E-state index is 5.87. The molecule has 1 fully saturated rings. The van der Waals surface area contributed by atoms with E-state index in [4.69, 9.17) is 9.47 Å². The molecule has 1 unspecified atom stereocenters. The van der Waals surface area contributed by atoms with Gasteiger partial charge in [0.2, 0.25) is 0 Å². The van der Waals surface area contributed by atoms with E-state index in [1.165, 1.54) is 25.7 Å². The van der Waals surface area contributed by atoms with Gasteiger partial charge in [-0.25, -0.2) is 0 Å². The summed E-state index contributed by atoms with van der Waals surface area (Å²) in [4.78, 5) is 0. The smallest absolute Gasteiger partial charge is 0.161 e. The highest BCUT2D eigenvalue weighted by Crippen LogP contribution is 2.26. The van der Waals surface area contributed by atoms with Crippen LogP contribution < -0.4 is 14.8 Å². The lowest BCUT2D eigenvalue weighted by molar-refractivity contribution is 0.255. The van der Waals surface area contributed by atoms with Gasteiger partial charge in [-0.15, -0.1) is 0 Å². The van der Waals surface area contributed by atoms with Crippen LogP contribution in [-0.2, 0) is 0 Å². The van der Waals surface area contributed by atoms with Gasteiger partial charge in [0.1, 0.15) is 0 Å². The molecule has 0 radical (unpaired) electrons. The average Bonchev–Trinajstić information content (AvgIpc) is 3.29. The van der Waals surface area contributed by atoms with Crippen LogP contribution in [0.25, 0.3) is 0 Å². The molecule has 1 aliphatic rings. The number of hydrogen-bond acceptors (Lipinski definition) is 3. The van der Waals surface area contributed by atoms with Gasteiger partial charge in [0.15, 0.2) is 11.5 Å². The molecule has 0 spiro atoms. The van der Waals surface area contributed by atoms with E-state index in [0.717, 1.165) is 43.0 Å². The fraction of sp³-hybridized carbons (Fsp3) is 0.647. The minimum absolute atomic E-state index is 0.718. The molecular weight excluding hydrogens is 250 g/mol. The van der Waals surface area contributed by atoms with Crippen molar-refractivity contribution < 1.29 is 9.47 Å². The van der Waals surface area contributed by atoms with Crippen LogP contribution in [0.1, 0.15) is 39.0 Å². The lowest BCUT2D eigenvalue weighted by atomic mass is 10.0. The summed E-state index contributed by atoms with van der Waals surface area (Å²) in [6.45, 7) is 4.15. The monoisotopic (exact) mass is 277 g/mol. The van der Waals surface area contributed by atoms with Crippen molar-refractivity contribution in [1.82, 2.24) is 5.32 Å². The minimum Gasteiger partial charge on any atom is -0.493 e. The maximum absolute atomic E-state index is 5.87. The Bertz CT molecular complexity index is 390. The zero-order valence-electron chi connectivity index (χ0n) is 12.7. The van der Waals surface area contributed by atoms with E-state index in [9.17, 15) is 0 Å². The quantitative estimate of drug-likeness (QED) is 0.708. The molecule has 0 amide bonds. The van der Waals surface area contributed by atoms with Crippen molar-refractivity contribution in [2.24, 2.45) is 5.92 Å². The average molecular weight is 277 g/mol. The molecule has 3 heteroatoms. The lowest BCUT2D eigenvalue weighted by Gasteiger charge is -2.17. The van der Waals surface area contributed by atoms with Crippen molar-refractivity contribution in [2.45, 2.75) is 45.1 Å². The first-order valence-corrected chi connectivity index (χ1v) is 7.82. The van der Waals surface area contributed by atoms with Crippen molar-refractivity contribution >= 4 is 0 Å². The molecule has 1 saturated carbocycles. The van der Waals surface area contributed by atoms with Crippen LogP contribution in [0.2, 0.25) is 0 Å². The van der Waals surface area contributed by atoms with Crippen LogP contribution in [0.3, 0.4) is 0 Å². The first-order valence-electron chi connectivity index (χ1n) is 7.82. The van der Waals surface area contributed by atoms with Gasteiger partial charge in [0.25, 0.3) is 0 Å². The standard InChI is InChI=1S/C17H27NO2/c1-3-6-14(13-18-15-9-10-15)11-12-20-17-8-5-4-7-16(17)19-2/h4-5,7-8,14-15,18H,3,6,9-13H2,1-2H3. The molecule has 0 aliphatic heterocycles. The third-order valence-corrected chi connectivity index (χ3v) is 3.82. The van der Waals surface area contributed by atoms with E-state index in [2.05, 4.69) is 12.2 Å². The summed E-state index contributed by atoms with van der Waals surface area (Å²) in [6, 6.07) is 8.65. The second kappa shape index (κ2) is 8.15. The van der Waals surface area contributed by atoms with Crippen LogP contribution in [0.4, 0.5) is 0 Å². The molecule has 3 nitrogen and oxygen atoms in total. The van der Waals surface area contributed by atoms with Gasteiger partial charge in [-0.3, -0.25) is 0 Å². The molecule has 1 N–H and O–H groups in total. The summed E-state index contributed by atoms with van der Waals surface area (Å²) in [5.74, 6) is 2.38. The van der Waals surface area contributed by atoms with E-state index in [1.807, 2.05) is 24.3 Å². The summed E-state index contributed by atoms with van der Waals surface area (Å²) < 4.78 is 11.2. The number of benzene rings is 1. The van der Waals surface area contributed by atoms with Gasteiger partial charge in [0.05, 0.1) is 13.7 Å². The van der Waals surface area contributed by atoms with E-state index < -0.39 is 0 Å². The largest absolute Gasteiger partial charge is 0.493 e. The van der Waals surface area contributed by atoms with Crippen LogP contribution >= 0.6 is 0 Å². The number of nitrogens with one attached hydrogen (secondary N) is 1. The predicted octanol–water partition coefficient (Wildman–Crippen LogP) is 3.63. The number of ether oxygens (including phenoxy) is 2. The summed E-state index contributed by atoms with van der Waals surface area (Å²) in [5, 5.41) is 3.63. The third-order valence-electron chi connectivity index (χ3n) is 3.82. The Morgan fingerprint density at radius 3 is 2.60 bits per heavy atom. The van der Waals surface area contributed by atoms with Crippen molar-refractivity contribution in [3.05, 3.63) is 24.3 Å². The van der Waals surface area contributed by atoms with Gasteiger partial charge >= 0.3 is 0 Å². The van der Waals surface area contributed by atoms with Crippen LogP contribution in [0.5, 0.6) is 11.5 Å². The second-order valence-corrected chi connectivity index (χ2v) is 5.63.